The second kappa shape index (κ2) is 4.33. The Bertz CT molecular complexity index is 214. The molecule has 0 aliphatic carbocycles. The molecule has 1 aliphatic rings. The van der Waals surface area contributed by atoms with E-state index in [0.717, 1.165) is 0 Å². The highest BCUT2D eigenvalue weighted by Gasteiger charge is 2.47. The summed E-state index contributed by atoms with van der Waals surface area (Å²) >= 11 is 0. The topological polar surface area (TPSA) is 69.9 Å². The summed E-state index contributed by atoms with van der Waals surface area (Å²) in [5.41, 5.74) is -0.423. The fourth-order valence-electron chi connectivity index (χ4n) is 1.79. The Hall–Kier alpha value is -0.230. The second-order valence-corrected chi connectivity index (χ2v) is 5.09. The molecule has 15 heavy (non-hydrogen) atoms. The Kier molecular flexibility index (Phi) is 3.71. The largest absolute Gasteiger partial charge is 0.388 e. The molecule has 1 heterocycles. The molecule has 3 unspecified atom stereocenters. The molecule has 90 valence electrons. The van der Waals surface area contributed by atoms with Crippen LogP contribution in [0.5, 0.6) is 0 Å². The Morgan fingerprint density at radius 1 is 1.07 bits per heavy atom. The first kappa shape index (κ1) is 12.8. The summed E-state index contributed by atoms with van der Waals surface area (Å²) in [5.74, 6) is 0. The molecule has 1 rings (SSSR count). The van der Waals surface area contributed by atoms with Crippen molar-refractivity contribution in [3.8, 4) is 0 Å². The zero-order chi connectivity index (χ0) is 11.8. The maximum atomic E-state index is 12.5. The standard InChI is InChI=1S/C10H19FO4/c1-10(2,3)9-8(14)7(13)6(12)5(4-11)15-9/h5-9,12-14H,4H2,1-3H3/t5?,6-,7?,8?,9-/m1/s1. The number of aliphatic hydroxyl groups excluding tert-OH is 3. The summed E-state index contributed by atoms with van der Waals surface area (Å²) in [6.07, 6.45) is -5.67. The van der Waals surface area contributed by atoms with Crippen LogP contribution in [-0.4, -0.2) is 52.5 Å². The van der Waals surface area contributed by atoms with E-state index < -0.39 is 42.6 Å². The smallest absolute Gasteiger partial charge is 0.118 e. The zero-order valence-electron chi connectivity index (χ0n) is 9.22. The van der Waals surface area contributed by atoms with Crippen LogP contribution in [-0.2, 0) is 4.74 Å². The molecule has 0 amide bonds. The Morgan fingerprint density at radius 3 is 2.00 bits per heavy atom. The highest BCUT2D eigenvalue weighted by molar-refractivity contribution is 4.96. The van der Waals surface area contributed by atoms with Gasteiger partial charge in [0.1, 0.15) is 31.1 Å². The van der Waals surface area contributed by atoms with Gasteiger partial charge in [-0.3, -0.25) is 0 Å². The van der Waals surface area contributed by atoms with Gasteiger partial charge in [-0.2, -0.15) is 0 Å². The third-order valence-electron chi connectivity index (χ3n) is 2.72. The van der Waals surface area contributed by atoms with Gasteiger partial charge >= 0.3 is 0 Å². The van der Waals surface area contributed by atoms with E-state index in [4.69, 9.17) is 4.74 Å². The van der Waals surface area contributed by atoms with E-state index in [2.05, 4.69) is 0 Å². The lowest BCUT2D eigenvalue weighted by Crippen LogP contribution is -2.61. The number of hydrogen-bond donors (Lipinski definition) is 3. The first-order valence-corrected chi connectivity index (χ1v) is 5.04. The van der Waals surface area contributed by atoms with Crippen LogP contribution in [0.3, 0.4) is 0 Å². The normalized spacial score (nSPS) is 43.0. The molecule has 4 nitrogen and oxygen atoms in total. The van der Waals surface area contributed by atoms with Gasteiger partial charge in [-0.15, -0.1) is 0 Å². The maximum absolute atomic E-state index is 12.5. The van der Waals surface area contributed by atoms with E-state index in [-0.39, 0.29) is 0 Å². The molecule has 1 saturated heterocycles. The van der Waals surface area contributed by atoms with E-state index in [9.17, 15) is 19.7 Å². The van der Waals surface area contributed by atoms with Crippen molar-refractivity contribution in [3.63, 3.8) is 0 Å². The number of aliphatic hydroxyl groups is 3. The SMILES string of the molecule is CC(C)(C)[C@@H]1OC(CF)[C@@H](O)C(O)C1O. The zero-order valence-corrected chi connectivity index (χ0v) is 9.22. The Balaban J connectivity index is 2.83. The second-order valence-electron chi connectivity index (χ2n) is 5.09. The number of ether oxygens (including phenoxy) is 1. The predicted molar refractivity (Wildman–Crippen MR) is 52.1 cm³/mol. The predicted octanol–water partition coefficient (Wildman–Crippen LogP) is -0.148. The van der Waals surface area contributed by atoms with Gasteiger partial charge in [0, 0.05) is 0 Å². The molecule has 5 atom stereocenters. The van der Waals surface area contributed by atoms with Gasteiger partial charge in [0.15, 0.2) is 0 Å². The first-order valence-electron chi connectivity index (χ1n) is 5.04. The first-order chi connectivity index (χ1) is 6.79. The molecule has 0 aromatic heterocycles. The highest BCUT2D eigenvalue weighted by Crippen LogP contribution is 2.32. The molecule has 1 aliphatic heterocycles. The minimum Gasteiger partial charge on any atom is -0.388 e. The van der Waals surface area contributed by atoms with Gasteiger partial charge in [-0.05, 0) is 5.41 Å². The fraction of sp³-hybridized carbons (Fsp3) is 1.00. The molecule has 0 aromatic rings. The molecule has 0 saturated carbocycles. The van der Waals surface area contributed by atoms with Crippen LogP contribution in [0.1, 0.15) is 20.8 Å². The molecule has 0 spiro atoms. The number of alkyl halides is 1. The van der Waals surface area contributed by atoms with Crippen LogP contribution in [0, 0.1) is 5.41 Å². The number of halogens is 1. The number of hydrogen-bond acceptors (Lipinski definition) is 4. The van der Waals surface area contributed by atoms with Crippen molar-refractivity contribution < 1.29 is 24.4 Å². The molecular weight excluding hydrogens is 203 g/mol. The average Bonchev–Trinajstić information content (AvgIpc) is 2.13. The van der Waals surface area contributed by atoms with E-state index in [1.807, 2.05) is 20.8 Å². The van der Waals surface area contributed by atoms with E-state index in [1.54, 1.807) is 0 Å². The molecular formula is C10H19FO4. The van der Waals surface area contributed by atoms with Crippen molar-refractivity contribution in [3.05, 3.63) is 0 Å². The van der Waals surface area contributed by atoms with Crippen LogP contribution in [0.25, 0.3) is 0 Å². The van der Waals surface area contributed by atoms with Crippen molar-refractivity contribution in [2.45, 2.75) is 51.3 Å². The van der Waals surface area contributed by atoms with Crippen molar-refractivity contribution in [1.82, 2.24) is 0 Å². The summed E-state index contributed by atoms with van der Waals surface area (Å²) in [7, 11) is 0. The lowest BCUT2D eigenvalue weighted by atomic mass is 9.80. The van der Waals surface area contributed by atoms with Crippen molar-refractivity contribution in [2.24, 2.45) is 5.41 Å². The molecule has 0 bridgehead atoms. The summed E-state index contributed by atoms with van der Waals surface area (Å²) < 4.78 is 17.8. The molecule has 1 fully saturated rings. The van der Waals surface area contributed by atoms with Crippen LogP contribution in [0.15, 0.2) is 0 Å². The molecule has 3 N–H and O–H groups in total. The third-order valence-corrected chi connectivity index (χ3v) is 2.72. The Labute approximate surface area is 88.7 Å². The molecule has 0 radical (unpaired) electrons. The summed E-state index contributed by atoms with van der Waals surface area (Å²) in [4.78, 5) is 0. The van der Waals surface area contributed by atoms with Crippen LogP contribution in [0.4, 0.5) is 4.39 Å². The van der Waals surface area contributed by atoms with Crippen LogP contribution >= 0.6 is 0 Å². The fourth-order valence-corrected chi connectivity index (χ4v) is 1.79. The minimum atomic E-state index is -1.37. The van der Waals surface area contributed by atoms with Gasteiger partial charge < -0.3 is 20.1 Å². The Morgan fingerprint density at radius 2 is 1.60 bits per heavy atom. The quantitative estimate of drug-likeness (QED) is 0.577. The molecule has 5 heteroatoms. The van der Waals surface area contributed by atoms with Gasteiger partial charge in [0.25, 0.3) is 0 Å². The van der Waals surface area contributed by atoms with Crippen LogP contribution < -0.4 is 0 Å². The third kappa shape index (κ3) is 2.47. The summed E-state index contributed by atoms with van der Waals surface area (Å²) in [6, 6.07) is 0. The molecule has 0 aromatic carbocycles. The summed E-state index contributed by atoms with van der Waals surface area (Å²) in [5, 5.41) is 28.7. The van der Waals surface area contributed by atoms with E-state index in [1.165, 1.54) is 0 Å². The highest BCUT2D eigenvalue weighted by atomic mass is 19.1. The van der Waals surface area contributed by atoms with Crippen LogP contribution in [0.2, 0.25) is 0 Å². The number of rotatable bonds is 1. The van der Waals surface area contributed by atoms with Gasteiger partial charge in [-0.1, -0.05) is 20.8 Å². The van der Waals surface area contributed by atoms with Gasteiger partial charge in [-0.25, -0.2) is 4.39 Å². The van der Waals surface area contributed by atoms with Gasteiger partial charge in [0.2, 0.25) is 0 Å². The summed E-state index contributed by atoms with van der Waals surface area (Å²) in [6.45, 7) is 4.58. The lowest BCUT2D eigenvalue weighted by molar-refractivity contribution is -0.246. The minimum absolute atomic E-state index is 0.423. The van der Waals surface area contributed by atoms with E-state index >= 15 is 0 Å². The maximum Gasteiger partial charge on any atom is 0.118 e. The monoisotopic (exact) mass is 222 g/mol. The van der Waals surface area contributed by atoms with Crippen molar-refractivity contribution in [1.29, 1.82) is 0 Å². The van der Waals surface area contributed by atoms with Crippen molar-refractivity contribution in [2.75, 3.05) is 6.67 Å². The average molecular weight is 222 g/mol. The lowest BCUT2D eigenvalue weighted by Gasteiger charge is -2.45. The van der Waals surface area contributed by atoms with Gasteiger partial charge in [0.05, 0.1) is 6.10 Å². The van der Waals surface area contributed by atoms with Crippen molar-refractivity contribution >= 4 is 0 Å². The van der Waals surface area contributed by atoms with E-state index in [0.29, 0.717) is 0 Å².